The lowest BCUT2D eigenvalue weighted by Gasteiger charge is -1.99. The average molecular weight is 181 g/mol. The molecule has 1 aromatic heterocycles. The van der Waals surface area contributed by atoms with E-state index in [0.717, 1.165) is 17.0 Å². The molecule has 1 heteroatoms. The Kier molecular flexibility index (Phi) is 2.20. The van der Waals surface area contributed by atoms with Gasteiger partial charge in [-0.05, 0) is 19.9 Å². The Balaban J connectivity index is 2.44. The minimum Gasteiger partial charge on any atom is -0.243 e. The Labute approximate surface area is 84.4 Å². The summed E-state index contributed by atoms with van der Waals surface area (Å²) in [6.07, 6.45) is 0. The topological polar surface area (TPSA) is 12.9 Å². The fourth-order valence-electron chi connectivity index (χ4n) is 1.32. The molecule has 0 saturated heterocycles. The highest BCUT2D eigenvalue weighted by molar-refractivity contribution is 5.58. The van der Waals surface area contributed by atoms with Crippen molar-refractivity contribution in [3.63, 3.8) is 0 Å². The van der Waals surface area contributed by atoms with E-state index in [1.165, 1.54) is 5.56 Å². The van der Waals surface area contributed by atoms with E-state index < -0.39 is 0 Å². The van der Waals surface area contributed by atoms with Gasteiger partial charge in [0, 0.05) is 11.6 Å². The molecule has 2 rings (SSSR count). The molecule has 0 spiro atoms. The van der Waals surface area contributed by atoms with Crippen molar-refractivity contribution < 1.29 is 0 Å². The SMILES string of the molecule is Cc1ccc(-c2cc#cc(C)n2)cc1. The van der Waals surface area contributed by atoms with E-state index in [9.17, 15) is 0 Å². The predicted octanol–water partition coefficient (Wildman–Crippen LogP) is 2.97. The van der Waals surface area contributed by atoms with Crippen LogP contribution in [0, 0.1) is 26.0 Å². The van der Waals surface area contributed by atoms with Crippen LogP contribution in [-0.2, 0) is 0 Å². The molecule has 0 fully saturated rings. The number of aryl methyl sites for hydroxylation is 2. The molecule has 0 bridgehead atoms. The molecule has 0 aliphatic heterocycles. The van der Waals surface area contributed by atoms with Crippen LogP contribution in [-0.4, -0.2) is 4.98 Å². The zero-order chi connectivity index (χ0) is 9.97. The molecule has 0 unspecified atom stereocenters. The third kappa shape index (κ3) is 1.75. The summed E-state index contributed by atoms with van der Waals surface area (Å²) in [5.41, 5.74) is 4.23. The van der Waals surface area contributed by atoms with E-state index in [-0.39, 0.29) is 0 Å². The first kappa shape index (κ1) is 8.77. The van der Waals surface area contributed by atoms with Crippen LogP contribution in [0.4, 0.5) is 0 Å². The van der Waals surface area contributed by atoms with Crippen molar-refractivity contribution in [2.75, 3.05) is 0 Å². The molecular weight excluding hydrogens is 170 g/mol. The quantitative estimate of drug-likeness (QED) is 0.659. The Morgan fingerprint density at radius 2 is 1.79 bits per heavy atom. The number of aromatic nitrogens is 1. The number of benzene rings is 1. The first-order valence-electron chi connectivity index (χ1n) is 4.60. The summed E-state index contributed by atoms with van der Waals surface area (Å²) in [5, 5.41) is 0. The maximum absolute atomic E-state index is 4.39. The third-order valence-electron chi connectivity index (χ3n) is 2.10. The molecule has 2 aromatic rings. The van der Waals surface area contributed by atoms with Crippen molar-refractivity contribution in [1.29, 1.82) is 0 Å². The van der Waals surface area contributed by atoms with Gasteiger partial charge in [-0.1, -0.05) is 35.9 Å². The fourth-order valence-corrected chi connectivity index (χ4v) is 1.32. The first-order chi connectivity index (χ1) is 6.75. The van der Waals surface area contributed by atoms with E-state index >= 15 is 0 Å². The maximum atomic E-state index is 4.39. The molecule has 1 nitrogen and oxygen atoms in total. The highest BCUT2D eigenvalue weighted by atomic mass is 14.7. The van der Waals surface area contributed by atoms with E-state index in [1.807, 2.05) is 13.0 Å². The van der Waals surface area contributed by atoms with Crippen molar-refractivity contribution >= 4 is 0 Å². The summed E-state index contributed by atoms with van der Waals surface area (Å²) < 4.78 is 0. The minimum atomic E-state index is 0.878. The normalized spacial score (nSPS) is 9.57. The number of rotatable bonds is 1. The molecule has 0 amide bonds. The third-order valence-corrected chi connectivity index (χ3v) is 2.10. The van der Waals surface area contributed by atoms with Crippen LogP contribution in [0.3, 0.4) is 0 Å². The second-order valence-electron chi connectivity index (χ2n) is 3.36. The molecule has 0 saturated carbocycles. The lowest BCUT2D eigenvalue weighted by atomic mass is 10.1. The molecule has 1 aromatic carbocycles. The Morgan fingerprint density at radius 1 is 1.07 bits per heavy atom. The summed E-state index contributed by atoms with van der Waals surface area (Å²) in [6, 6.07) is 16.1. The maximum Gasteiger partial charge on any atom is 0.0879 e. The monoisotopic (exact) mass is 181 g/mol. The smallest absolute Gasteiger partial charge is 0.0879 e. The van der Waals surface area contributed by atoms with Crippen molar-refractivity contribution in [3.8, 4) is 11.3 Å². The van der Waals surface area contributed by atoms with Gasteiger partial charge in [0.25, 0.3) is 0 Å². The minimum absolute atomic E-state index is 0.878. The van der Waals surface area contributed by atoms with E-state index in [0.29, 0.717) is 0 Å². The lowest BCUT2D eigenvalue weighted by Crippen LogP contribution is -1.84. The number of nitrogens with zero attached hydrogens (tertiary/aromatic N) is 1. The van der Waals surface area contributed by atoms with Crippen LogP contribution in [0.15, 0.2) is 30.3 Å². The molecule has 0 atom stereocenters. The van der Waals surface area contributed by atoms with Gasteiger partial charge in [0.2, 0.25) is 0 Å². The largest absolute Gasteiger partial charge is 0.243 e. The van der Waals surface area contributed by atoms with Crippen LogP contribution < -0.4 is 0 Å². The van der Waals surface area contributed by atoms with Gasteiger partial charge >= 0.3 is 0 Å². The van der Waals surface area contributed by atoms with E-state index in [4.69, 9.17) is 0 Å². The second-order valence-corrected chi connectivity index (χ2v) is 3.36. The van der Waals surface area contributed by atoms with Gasteiger partial charge in [-0.15, -0.1) is 0 Å². The molecule has 0 aliphatic carbocycles. The predicted molar refractivity (Wildman–Crippen MR) is 56.8 cm³/mol. The van der Waals surface area contributed by atoms with E-state index in [1.54, 1.807) is 0 Å². The molecule has 0 radical (unpaired) electrons. The number of hydrogen-bond donors (Lipinski definition) is 0. The van der Waals surface area contributed by atoms with Crippen molar-refractivity contribution in [2.24, 2.45) is 0 Å². The zero-order valence-electron chi connectivity index (χ0n) is 8.33. The fraction of sp³-hybridized carbons (Fsp3) is 0.154. The standard InChI is InChI=1S/C13H11N/c1-10-6-8-12(9-7-10)13-5-3-4-11(2)14-13/h5-9H,1-2H3. The highest BCUT2D eigenvalue weighted by Crippen LogP contribution is 2.16. The summed E-state index contributed by atoms with van der Waals surface area (Å²) in [7, 11) is 0. The van der Waals surface area contributed by atoms with Gasteiger partial charge in [-0.2, -0.15) is 0 Å². The Morgan fingerprint density at radius 3 is 2.43 bits per heavy atom. The zero-order valence-corrected chi connectivity index (χ0v) is 8.33. The first-order valence-corrected chi connectivity index (χ1v) is 4.60. The van der Waals surface area contributed by atoms with Crippen LogP contribution in [0.25, 0.3) is 11.3 Å². The van der Waals surface area contributed by atoms with Gasteiger partial charge in [0.15, 0.2) is 0 Å². The summed E-state index contributed by atoms with van der Waals surface area (Å²) in [4.78, 5) is 4.39. The summed E-state index contributed by atoms with van der Waals surface area (Å²) in [6.45, 7) is 4.00. The van der Waals surface area contributed by atoms with Crippen molar-refractivity contribution in [3.05, 3.63) is 53.7 Å². The van der Waals surface area contributed by atoms with Crippen LogP contribution in [0.2, 0.25) is 0 Å². The number of hydrogen-bond acceptors (Lipinski definition) is 1. The second kappa shape index (κ2) is 3.51. The van der Waals surface area contributed by atoms with Crippen LogP contribution >= 0.6 is 0 Å². The Hall–Kier alpha value is -1.81. The molecule has 0 aliphatic rings. The van der Waals surface area contributed by atoms with Gasteiger partial charge in [-0.25, -0.2) is 4.98 Å². The van der Waals surface area contributed by atoms with Crippen LogP contribution in [0.1, 0.15) is 11.3 Å². The Bertz CT molecular complexity index is 429. The molecule has 0 N–H and O–H groups in total. The van der Waals surface area contributed by atoms with Gasteiger partial charge in [-0.3, -0.25) is 0 Å². The highest BCUT2D eigenvalue weighted by Gasteiger charge is 1.97. The van der Waals surface area contributed by atoms with Gasteiger partial charge in [0.05, 0.1) is 11.4 Å². The molecule has 14 heavy (non-hydrogen) atoms. The molecular formula is C13H11N. The molecule has 68 valence electrons. The lowest BCUT2D eigenvalue weighted by molar-refractivity contribution is 1.21. The summed E-state index contributed by atoms with van der Waals surface area (Å²) in [5.74, 6) is 0. The van der Waals surface area contributed by atoms with Crippen LogP contribution in [0.5, 0.6) is 0 Å². The molecule has 1 heterocycles. The summed E-state index contributed by atoms with van der Waals surface area (Å²) >= 11 is 0. The van der Waals surface area contributed by atoms with E-state index in [2.05, 4.69) is 48.3 Å². The van der Waals surface area contributed by atoms with Gasteiger partial charge in [0.1, 0.15) is 0 Å². The van der Waals surface area contributed by atoms with Crippen molar-refractivity contribution in [1.82, 2.24) is 4.98 Å². The van der Waals surface area contributed by atoms with Gasteiger partial charge < -0.3 is 0 Å². The van der Waals surface area contributed by atoms with Crippen molar-refractivity contribution in [2.45, 2.75) is 13.8 Å². The average Bonchev–Trinajstić information content (AvgIpc) is 2.19.